The standard InChI is InChI=1S/C27H22BrFN2O6S/c1-3-37-27(32)17(2)26-24(18-6-10-21(29)11-7-18)16-25(19-4-8-20(28)9-5-19)30(26)38(35,36)23-14-12-22(13-15-23)31(33)34/h4-16,24,26H,2-3H2,1H3/t24-,26-/m0/s1. The second-order valence-corrected chi connectivity index (χ2v) is 11.1. The molecule has 38 heavy (non-hydrogen) atoms. The number of nitro benzene ring substituents is 1. The van der Waals surface area contributed by atoms with E-state index < -0.39 is 38.7 Å². The zero-order valence-corrected chi connectivity index (χ0v) is 22.5. The fraction of sp³-hybridized carbons (Fsp3) is 0.148. The molecule has 0 amide bonds. The maximum atomic E-state index is 14.1. The highest BCUT2D eigenvalue weighted by Crippen LogP contribution is 2.45. The lowest BCUT2D eigenvalue weighted by Crippen LogP contribution is -2.41. The van der Waals surface area contributed by atoms with Crippen LogP contribution in [0.1, 0.15) is 24.0 Å². The summed E-state index contributed by atoms with van der Waals surface area (Å²) in [6.07, 6.45) is 1.69. The minimum absolute atomic E-state index is 0.0495. The normalized spacial score (nSPS) is 17.1. The molecule has 196 valence electrons. The van der Waals surface area contributed by atoms with Crippen LogP contribution < -0.4 is 0 Å². The fourth-order valence-corrected chi connectivity index (χ4v) is 6.23. The van der Waals surface area contributed by atoms with Crippen molar-refractivity contribution in [1.82, 2.24) is 4.31 Å². The number of ether oxygens (including phenoxy) is 1. The van der Waals surface area contributed by atoms with E-state index in [1.165, 1.54) is 24.3 Å². The van der Waals surface area contributed by atoms with E-state index in [1.54, 1.807) is 37.3 Å². The Labute approximate surface area is 227 Å². The molecule has 8 nitrogen and oxygen atoms in total. The number of sulfonamides is 1. The number of non-ortho nitro benzene ring substituents is 1. The number of benzene rings is 3. The van der Waals surface area contributed by atoms with Gasteiger partial charge in [-0.2, -0.15) is 0 Å². The van der Waals surface area contributed by atoms with Gasteiger partial charge in [-0.25, -0.2) is 17.6 Å². The number of rotatable bonds is 8. The third-order valence-corrected chi connectivity index (χ3v) is 8.40. The van der Waals surface area contributed by atoms with Crippen LogP contribution in [0, 0.1) is 15.9 Å². The Kier molecular flexibility index (Phi) is 7.79. The largest absolute Gasteiger partial charge is 0.463 e. The number of nitro groups is 1. The Morgan fingerprint density at radius 1 is 1.08 bits per heavy atom. The molecule has 1 aliphatic rings. The highest BCUT2D eigenvalue weighted by molar-refractivity contribution is 9.10. The molecule has 0 saturated heterocycles. The van der Waals surface area contributed by atoms with Crippen molar-refractivity contribution in [3.8, 4) is 0 Å². The zero-order valence-electron chi connectivity index (χ0n) is 20.1. The van der Waals surface area contributed by atoms with E-state index in [0.29, 0.717) is 11.1 Å². The van der Waals surface area contributed by atoms with Crippen molar-refractivity contribution >= 4 is 43.3 Å². The third kappa shape index (κ3) is 5.25. The lowest BCUT2D eigenvalue weighted by atomic mass is 9.89. The minimum Gasteiger partial charge on any atom is -0.463 e. The van der Waals surface area contributed by atoms with Crippen LogP contribution in [0.15, 0.2) is 100 Å². The molecule has 0 aliphatic carbocycles. The SMILES string of the molecule is C=C(C(=O)OCC)[C@H]1[C@H](c2ccc(F)cc2)C=C(c2ccc(Br)cc2)N1S(=O)(=O)c1ccc([N+](=O)[O-])cc1. The number of hydrogen-bond donors (Lipinski definition) is 0. The van der Waals surface area contributed by atoms with E-state index in [1.807, 2.05) is 0 Å². The molecule has 0 radical (unpaired) electrons. The molecule has 0 spiro atoms. The first-order chi connectivity index (χ1) is 18.0. The first-order valence-corrected chi connectivity index (χ1v) is 13.7. The van der Waals surface area contributed by atoms with Gasteiger partial charge >= 0.3 is 5.97 Å². The summed E-state index contributed by atoms with van der Waals surface area (Å²) < 4.78 is 49.1. The molecular formula is C27H22BrFN2O6S. The number of carbonyl (C=O) groups is 1. The summed E-state index contributed by atoms with van der Waals surface area (Å²) in [5.41, 5.74) is 0.962. The van der Waals surface area contributed by atoms with E-state index in [9.17, 15) is 27.7 Å². The van der Waals surface area contributed by atoms with E-state index >= 15 is 0 Å². The van der Waals surface area contributed by atoms with Gasteiger partial charge in [0, 0.05) is 22.5 Å². The second-order valence-electron chi connectivity index (χ2n) is 8.38. The van der Waals surface area contributed by atoms with E-state index in [-0.39, 0.29) is 28.5 Å². The topological polar surface area (TPSA) is 107 Å². The second kappa shape index (κ2) is 10.9. The van der Waals surface area contributed by atoms with Gasteiger partial charge in [0.2, 0.25) is 0 Å². The van der Waals surface area contributed by atoms with E-state index in [2.05, 4.69) is 22.5 Å². The van der Waals surface area contributed by atoms with Crippen LogP contribution in [0.2, 0.25) is 0 Å². The molecule has 11 heteroatoms. The van der Waals surface area contributed by atoms with Gasteiger partial charge in [0.05, 0.1) is 33.7 Å². The minimum atomic E-state index is -4.39. The van der Waals surface area contributed by atoms with Crippen molar-refractivity contribution in [3.63, 3.8) is 0 Å². The lowest BCUT2D eigenvalue weighted by molar-refractivity contribution is -0.384. The average molecular weight is 601 g/mol. The van der Waals surface area contributed by atoms with Gasteiger partial charge in [0.25, 0.3) is 15.7 Å². The lowest BCUT2D eigenvalue weighted by Gasteiger charge is -2.32. The molecule has 4 rings (SSSR count). The molecule has 0 bridgehead atoms. The molecule has 0 N–H and O–H groups in total. The van der Waals surface area contributed by atoms with Gasteiger partial charge in [-0.05, 0) is 60.5 Å². The number of esters is 1. The van der Waals surface area contributed by atoms with Gasteiger partial charge in [0.15, 0.2) is 0 Å². The molecule has 0 unspecified atom stereocenters. The third-order valence-electron chi connectivity index (χ3n) is 6.06. The van der Waals surface area contributed by atoms with Crippen LogP contribution in [-0.2, 0) is 19.6 Å². The van der Waals surface area contributed by atoms with Crippen LogP contribution in [0.3, 0.4) is 0 Å². The Bertz CT molecular complexity index is 1520. The number of halogens is 2. The van der Waals surface area contributed by atoms with Gasteiger partial charge in [-0.15, -0.1) is 0 Å². The molecule has 0 aromatic heterocycles. The Hall–Kier alpha value is -3.83. The number of carbonyl (C=O) groups excluding carboxylic acids is 1. The first-order valence-electron chi connectivity index (χ1n) is 11.4. The molecule has 3 aromatic rings. The van der Waals surface area contributed by atoms with Gasteiger partial charge in [-0.1, -0.05) is 46.8 Å². The molecule has 1 aliphatic heterocycles. The summed E-state index contributed by atoms with van der Waals surface area (Å²) in [5.74, 6) is -1.97. The summed E-state index contributed by atoms with van der Waals surface area (Å²) in [6.45, 7) is 5.57. The number of nitrogens with zero attached hydrogens (tertiary/aromatic N) is 2. The Morgan fingerprint density at radius 3 is 2.24 bits per heavy atom. The summed E-state index contributed by atoms with van der Waals surface area (Å²) in [4.78, 5) is 23.2. The van der Waals surface area contributed by atoms with Crippen LogP contribution in [0.5, 0.6) is 0 Å². The zero-order chi connectivity index (χ0) is 27.6. The molecule has 0 fully saturated rings. The number of hydrogen-bond acceptors (Lipinski definition) is 6. The summed E-state index contributed by atoms with van der Waals surface area (Å²) in [7, 11) is -4.39. The van der Waals surface area contributed by atoms with Crippen LogP contribution in [-0.4, -0.2) is 36.3 Å². The maximum Gasteiger partial charge on any atom is 0.335 e. The van der Waals surface area contributed by atoms with Crippen molar-refractivity contribution in [2.45, 2.75) is 23.8 Å². The maximum absolute atomic E-state index is 14.1. The van der Waals surface area contributed by atoms with E-state index in [4.69, 9.17) is 4.74 Å². The van der Waals surface area contributed by atoms with Gasteiger partial charge < -0.3 is 4.74 Å². The Morgan fingerprint density at radius 2 is 1.68 bits per heavy atom. The van der Waals surface area contributed by atoms with E-state index in [0.717, 1.165) is 33.0 Å². The molecule has 2 atom stereocenters. The van der Waals surface area contributed by atoms with Crippen molar-refractivity contribution in [2.24, 2.45) is 0 Å². The molecule has 1 heterocycles. The first kappa shape index (κ1) is 27.2. The molecular weight excluding hydrogens is 579 g/mol. The quantitative estimate of drug-likeness (QED) is 0.140. The van der Waals surface area contributed by atoms with Crippen molar-refractivity contribution in [2.75, 3.05) is 6.61 Å². The highest BCUT2D eigenvalue weighted by Gasteiger charge is 2.46. The fourth-order valence-electron chi connectivity index (χ4n) is 4.27. The predicted molar refractivity (Wildman–Crippen MR) is 143 cm³/mol. The monoisotopic (exact) mass is 600 g/mol. The predicted octanol–water partition coefficient (Wildman–Crippen LogP) is 5.81. The van der Waals surface area contributed by atoms with Crippen molar-refractivity contribution in [3.05, 3.63) is 123 Å². The molecule has 0 saturated carbocycles. The summed E-state index contributed by atoms with van der Waals surface area (Å²) >= 11 is 3.37. The van der Waals surface area contributed by atoms with Crippen molar-refractivity contribution < 1.29 is 27.3 Å². The molecule has 3 aromatic carbocycles. The van der Waals surface area contributed by atoms with Gasteiger partial charge in [-0.3, -0.25) is 14.4 Å². The summed E-state index contributed by atoms with van der Waals surface area (Å²) in [5, 5.41) is 11.1. The van der Waals surface area contributed by atoms with Crippen molar-refractivity contribution in [1.29, 1.82) is 0 Å². The Balaban J connectivity index is 1.94. The van der Waals surface area contributed by atoms with Crippen LogP contribution >= 0.6 is 15.9 Å². The highest BCUT2D eigenvalue weighted by atomic mass is 79.9. The van der Waals surface area contributed by atoms with Crippen LogP contribution in [0.4, 0.5) is 10.1 Å². The van der Waals surface area contributed by atoms with Crippen LogP contribution in [0.25, 0.3) is 5.70 Å². The summed E-state index contributed by atoms with van der Waals surface area (Å²) in [6, 6.07) is 15.8. The average Bonchev–Trinajstić information content (AvgIpc) is 3.30. The smallest absolute Gasteiger partial charge is 0.335 e. The van der Waals surface area contributed by atoms with Gasteiger partial charge in [0.1, 0.15) is 5.82 Å².